The van der Waals surface area contributed by atoms with Crippen LogP contribution in [0.15, 0.2) is 0 Å². The summed E-state index contributed by atoms with van der Waals surface area (Å²) in [4.78, 5) is 3.50. The van der Waals surface area contributed by atoms with Crippen molar-refractivity contribution < 1.29 is 8.23 Å². The molecule has 0 aromatic rings. The van der Waals surface area contributed by atoms with Crippen molar-refractivity contribution in [3.63, 3.8) is 0 Å². The Kier molecular flexibility index (Phi) is 7.63. The molecular formula is C5H21NO2Si4. The Hall–Kier alpha value is 0.748. The first-order chi connectivity index (χ1) is 5.62. The molecule has 0 aliphatic carbocycles. The van der Waals surface area contributed by atoms with Crippen LogP contribution in [0, 0.1) is 0 Å². The lowest BCUT2D eigenvalue weighted by molar-refractivity contribution is 0.573. The van der Waals surface area contributed by atoms with Gasteiger partial charge in [-0.1, -0.05) is 0 Å². The third kappa shape index (κ3) is 7.40. The SMILES string of the molecule is C[Si](C)(NCCC[SiH2]O[SiH3])O[SiH3]. The lowest BCUT2D eigenvalue weighted by Gasteiger charge is -2.21. The first kappa shape index (κ1) is 12.7. The maximum Gasteiger partial charge on any atom is 0.251 e. The molecule has 0 aliphatic rings. The van der Waals surface area contributed by atoms with E-state index in [2.05, 4.69) is 18.1 Å². The van der Waals surface area contributed by atoms with Crippen molar-refractivity contribution in [2.24, 2.45) is 0 Å². The minimum atomic E-state index is -1.44. The molecule has 0 aliphatic heterocycles. The molecule has 0 spiro atoms. The van der Waals surface area contributed by atoms with Crippen molar-refractivity contribution in [3.8, 4) is 0 Å². The molecule has 0 aromatic heterocycles. The normalized spacial score (nSPS) is 13.5. The lowest BCUT2D eigenvalue weighted by Crippen LogP contribution is -2.47. The molecule has 3 nitrogen and oxygen atoms in total. The lowest BCUT2D eigenvalue weighted by atomic mass is 10.5. The van der Waals surface area contributed by atoms with Gasteiger partial charge in [0.15, 0.2) is 0 Å². The molecule has 0 aromatic carbocycles. The monoisotopic (exact) mass is 239 g/mol. The standard InChI is InChI=1S/C5H21NO2Si4/c1-12(2,8-10)6-4-3-5-11-7-9/h6H,3-5,11H2,1-2,9-10H3. The van der Waals surface area contributed by atoms with E-state index in [1.54, 1.807) is 0 Å². The maximum atomic E-state index is 5.50. The molecule has 0 heterocycles. The molecule has 7 heteroatoms. The van der Waals surface area contributed by atoms with Crippen molar-refractivity contribution in [2.75, 3.05) is 6.54 Å². The van der Waals surface area contributed by atoms with E-state index in [0.29, 0.717) is 0 Å². The van der Waals surface area contributed by atoms with Gasteiger partial charge < -0.3 is 13.2 Å². The van der Waals surface area contributed by atoms with Crippen LogP contribution in [0.2, 0.25) is 19.1 Å². The minimum absolute atomic E-state index is 0.144. The molecule has 12 heavy (non-hydrogen) atoms. The summed E-state index contributed by atoms with van der Waals surface area (Å²) in [6, 6.07) is 1.31. The molecule has 0 amide bonds. The Morgan fingerprint density at radius 3 is 2.58 bits per heavy atom. The molecule has 0 fully saturated rings. The Morgan fingerprint density at radius 2 is 2.08 bits per heavy atom. The largest absolute Gasteiger partial charge is 0.468 e. The number of nitrogens with one attached hydrogen (secondary N) is 1. The fourth-order valence-electron chi connectivity index (χ4n) is 0.833. The Bertz CT molecular complexity index is 114. The van der Waals surface area contributed by atoms with Gasteiger partial charge in [0.05, 0.1) is 0 Å². The summed E-state index contributed by atoms with van der Waals surface area (Å²) in [5.74, 6) is 0. The Labute approximate surface area is 84.8 Å². The van der Waals surface area contributed by atoms with Gasteiger partial charge in [0.25, 0.3) is 8.48 Å². The summed E-state index contributed by atoms with van der Waals surface area (Å²) in [6.45, 7) is 5.53. The zero-order chi connectivity index (χ0) is 9.45. The average Bonchev–Trinajstić information content (AvgIpc) is 2.04. The molecule has 0 saturated carbocycles. The van der Waals surface area contributed by atoms with Crippen LogP contribution in [0.4, 0.5) is 0 Å². The van der Waals surface area contributed by atoms with Gasteiger partial charge in [0.2, 0.25) is 0 Å². The highest BCUT2D eigenvalue weighted by atomic mass is 28.4. The van der Waals surface area contributed by atoms with E-state index in [1.165, 1.54) is 12.5 Å². The van der Waals surface area contributed by atoms with Gasteiger partial charge in [0.1, 0.15) is 30.7 Å². The van der Waals surface area contributed by atoms with E-state index in [-0.39, 0.29) is 9.76 Å². The average molecular weight is 240 g/mol. The van der Waals surface area contributed by atoms with Crippen LogP contribution in [-0.2, 0) is 8.23 Å². The van der Waals surface area contributed by atoms with Crippen LogP contribution in [0.5, 0.6) is 0 Å². The van der Waals surface area contributed by atoms with Crippen molar-refractivity contribution in [3.05, 3.63) is 0 Å². The van der Waals surface area contributed by atoms with Crippen LogP contribution in [0.25, 0.3) is 0 Å². The van der Waals surface area contributed by atoms with Crippen LogP contribution < -0.4 is 4.98 Å². The van der Waals surface area contributed by atoms with Gasteiger partial charge in [-0.25, -0.2) is 0 Å². The van der Waals surface area contributed by atoms with Crippen molar-refractivity contribution in [2.45, 2.75) is 25.6 Å². The third-order valence-electron chi connectivity index (χ3n) is 1.84. The van der Waals surface area contributed by atoms with E-state index >= 15 is 0 Å². The molecule has 0 saturated heterocycles. The molecular weight excluding hydrogens is 218 g/mol. The van der Waals surface area contributed by atoms with Gasteiger partial charge in [0, 0.05) is 0 Å². The van der Waals surface area contributed by atoms with E-state index in [9.17, 15) is 0 Å². The molecule has 74 valence electrons. The van der Waals surface area contributed by atoms with Gasteiger partial charge in [-0.05, 0) is 32.1 Å². The number of hydrogen-bond donors (Lipinski definition) is 1. The van der Waals surface area contributed by atoms with Crippen LogP contribution in [-0.4, -0.2) is 45.8 Å². The topological polar surface area (TPSA) is 30.5 Å². The summed E-state index contributed by atoms with van der Waals surface area (Å²) in [5, 5.41) is 0. The molecule has 0 rings (SSSR count). The maximum absolute atomic E-state index is 5.50. The van der Waals surface area contributed by atoms with Gasteiger partial charge in [-0.3, -0.25) is 0 Å². The van der Waals surface area contributed by atoms with Crippen LogP contribution in [0.1, 0.15) is 6.42 Å². The summed E-state index contributed by atoms with van der Waals surface area (Å²) >= 11 is 0. The van der Waals surface area contributed by atoms with Crippen LogP contribution in [0.3, 0.4) is 0 Å². The van der Waals surface area contributed by atoms with Crippen molar-refractivity contribution in [1.82, 2.24) is 4.98 Å². The fraction of sp³-hybridized carbons (Fsp3) is 1.00. The minimum Gasteiger partial charge on any atom is -0.468 e. The van der Waals surface area contributed by atoms with E-state index in [4.69, 9.17) is 8.23 Å². The predicted molar refractivity (Wildman–Crippen MR) is 65.5 cm³/mol. The van der Waals surface area contributed by atoms with Crippen LogP contribution >= 0.6 is 0 Å². The Morgan fingerprint density at radius 1 is 1.42 bits per heavy atom. The first-order valence-electron chi connectivity index (χ1n) is 4.41. The van der Waals surface area contributed by atoms with Gasteiger partial charge in [-0.15, -0.1) is 0 Å². The van der Waals surface area contributed by atoms with E-state index < -0.39 is 8.48 Å². The molecule has 0 atom stereocenters. The molecule has 0 unspecified atom stereocenters. The Balaban J connectivity index is 3.19. The zero-order valence-electron chi connectivity index (χ0n) is 8.64. The fourth-order valence-corrected chi connectivity index (χ4v) is 3.80. The summed E-state index contributed by atoms with van der Waals surface area (Å²) < 4.78 is 10.7. The number of hydrogen-bond acceptors (Lipinski definition) is 3. The van der Waals surface area contributed by atoms with E-state index in [1.807, 2.05) is 0 Å². The number of rotatable bonds is 7. The van der Waals surface area contributed by atoms with E-state index in [0.717, 1.165) is 27.5 Å². The van der Waals surface area contributed by atoms with Crippen molar-refractivity contribution >= 4 is 39.2 Å². The highest BCUT2D eigenvalue weighted by molar-refractivity contribution is 6.71. The van der Waals surface area contributed by atoms with Gasteiger partial charge in [-0.2, -0.15) is 0 Å². The molecule has 0 radical (unpaired) electrons. The second kappa shape index (κ2) is 7.18. The first-order valence-corrected chi connectivity index (χ1v) is 10.5. The smallest absolute Gasteiger partial charge is 0.251 e. The predicted octanol–water partition coefficient (Wildman–Crippen LogP) is -2.24. The zero-order valence-corrected chi connectivity index (χ0v) is 15.1. The summed E-state index contributed by atoms with van der Waals surface area (Å²) in [7, 11) is 0.200. The summed E-state index contributed by atoms with van der Waals surface area (Å²) in [5.41, 5.74) is 0. The highest BCUT2D eigenvalue weighted by Crippen LogP contribution is 1.96. The quantitative estimate of drug-likeness (QED) is 0.403. The molecule has 0 bridgehead atoms. The van der Waals surface area contributed by atoms with Crippen molar-refractivity contribution in [1.29, 1.82) is 0 Å². The highest BCUT2D eigenvalue weighted by Gasteiger charge is 2.17. The van der Waals surface area contributed by atoms with Gasteiger partial charge >= 0.3 is 0 Å². The second-order valence-electron chi connectivity index (χ2n) is 3.34. The molecule has 1 N–H and O–H groups in total. The second-order valence-corrected chi connectivity index (χ2v) is 11.8. The third-order valence-corrected chi connectivity index (χ3v) is 9.44. The summed E-state index contributed by atoms with van der Waals surface area (Å²) in [6.07, 6.45) is 1.26.